The predicted octanol–water partition coefficient (Wildman–Crippen LogP) is 5.12. The first kappa shape index (κ1) is 24.3. The van der Waals surface area contributed by atoms with E-state index in [4.69, 9.17) is 21.1 Å². The van der Waals surface area contributed by atoms with Gasteiger partial charge < -0.3 is 19.1 Å². The fourth-order valence-corrected chi connectivity index (χ4v) is 4.39. The molecule has 0 amide bonds. The summed E-state index contributed by atoms with van der Waals surface area (Å²) < 4.78 is 52.3. The van der Waals surface area contributed by atoms with Gasteiger partial charge in [-0.05, 0) is 42.5 Å². The molecule has 4 aromatic rings. The highest BCUT2D eigenvalue weighted by molar-refractivity contribution is 6.37. The molecule has 0 radical (unpaired) electrons. The van der Waals surface area contributed by atoms with Gasteiger partial charge in [-0.2, -0.15) is 13.2 Å². The Morgan fingerprint density at radius 2 is 1.89 bits per heavy atom. The van der Waals surface area contributed by atoms with E-state index in [2.05, 4.69) is 15.0 Å². The quantitative estimate of drug-likeness (QED) is 0.366. The molecule has 1 aliphatic carbocycles. The van der Waals surface area contributed by atoms with Gasteiger partial charge >= 0.3 is 6.18 Å². The van der Waals surface area contributed by atoms with Gasteiger partial charge in [-0.15, -0.1) is 0 Å². The molecule has 0 spiro atoms. The minimum atomic E-state index is -4.61. The van der Waals surface area contributed by atoms with Crippen LogP contribution in [-0.2, 0) is 18.8 Å². The molecule has 188 valence electrons. The lowest BCUT2D eigenvalue weighted by Gasteiger charge is -2.30. The van der Waals surface area contributed by atoms with Crippen molar-refractivity contribution in [2.24, 2.45) is 13.0 Å². The van der Waals surface area contributed by atoms with Crippen LogP contribution < -0.4 is 9.47 Å². The number of benzene rings is 1. The van der Waals surface area contributed by atoms with Gasteiger partial charge in [-0.1, -0.05) is 23.7 Å². The van der Waals surface area contributed by atoms with Crippen LogP contribution in [0, 0.1) is 5.92 Å². The average Bonchev–Trinajstić information content (AvgIpc) is 3.59. The van der Waals surface area contributed by atoms with E-state index >= 15 is 0 Å². The van der Waals surface area contributed by atoms with E-state index < -0.39 is 17.5 Å². The zero-order chi connectivity index (χ0) is 25.7. The van der Waals surface area contributed by atoms with Crippen molar-refractivity contribution in [3.63, 3.8) is 0 Å². The van der Waals surface area contributed by atoms with Crippen molar-refractivity contribution >= 4 is 22.5 Å². The lowest BCUT2D eigenvalue weighted by molar-refractivity contribution is -0.141. The van der Waals surface area contributed by atoms with Crippen molar-refractivity contribution in [1.29, 1.82) is 0 Å². The summed E-state index contributed by atoms with van der Waals surface area (Å²) in [6.45, 7) is 0.485. The first-order chi connectivity index (χ1) is 17.1. The number of halogens is 4. The Balaban J connectivity index is 1.67. The number of hydrogen-bond acceptors (Lipinski definition) is 6. The van der Waals surface area contributed by atoms with E-state index in [9.17, 15) is 18.3 Å². The van der Waals surface area contributed by atoms with E-state index in [0.717, 1.165) is 25.1 Å². The van der Waals surface area contributed by atoms with Crippen molar-refractivity contribution in [2.75, 3.05) is 13.7 Å². The Hall–Kier alpha value is -3.37. The Morgan fingerprint density at radius 1 is 1.14 bits per heavy atom. The third-order valence-electron chi connectivity index (χ3n) is 6.28. The highest BCUT2D eigenvalue weighted by Crippen LogP contribution is 2.43. The van der Waals surface area contributed by atoms with Gasteiger partial charge in [0.2, 0.25) is 5.75 Å². The normalized spacial score (nSPS) is 15.6. The first-order valence-corrected chi connectivity index (χ1v) is 11.5. The molecule has 1 aliphatic rings. The summed E-state index contributed by atoms with van der Waals surface area (Å²) in [6.07, 6.45) is 1.51. The summed E-state index contributed by atoms with van der Waals surface area (Å²) in [7, 11) is 3.15. The predicted molar refractivity (Wildman–Crippen MR) is 126 cm³/mol. The first-order valence-electron chi connectivity index (χ1n) is 11.2. The van der Waals surface area contributed by atoms with E-state index in [1.54, 1.807) is 29.8 Å². The fourth-order valence-electron chi connectivity index (χ4n) is 4.10. The Morgan fingerprint density at radius 3 is 2.47 bits per heavy atom. The van der Waals surface area contributed by atoms with Crippen molar-refractivity contribution in [3.05, 3.63) is 76.6 Å². The van der Waals surface area contributed by atoms with Gasteiger partial charge in [0.05, 0.1) is 42.5 Å². The molecule has 1 saturated carbocycles. The van der Waals surface area contributed by atoms with Crippen molar-refractivity contribution in [3.8, 4) is 11.6 Å². The molecule has 1 aromatic carbocycles. The van der Waals surface area contributed by atoms with Gasteiger partial charge in [0.25, 0.3) is 5.88 Å². The number of rotatable bonds is 7. The maximum Gasteiger partial charge on any atom is 0.433 e. The number of imidazole rings is 1. The molecule has 0 aliphatic heterocycles. The van der Waals surface area contributed by atoms with Crippen molar-refractivity contribution in [2.45, 2.75) is 24.6 Å². The lowest BCUT2D eigenvalue weighted by Crippen LogP contribution is -2.31. The summed E-state index contributed by atoms with van der Waals surface area (Å²) in [4.78, 5) is 12.1. The molecule has 3 heterocycles. The average molecular weight is 519 g/mol. The zero-order valence-corrected chi connectivity index (χ0v) is 20.1. The molecule has 3 aromatic heterocycles. The minimum absolute atomic E-state index is 0.126. The number of hydrogen-bond donors (Lipinski definition) is 1. The van der Waals surface area contributed by atoms with E-state index in [1.165, 1.54) is 25.7 Å². The SMILES string of the molecule is COc1nc2ccc([C@@](O)(c3ccc(C(F)(F)F)nc3)c3cncn3C)cc2c(Cl)c1OCC1CC1. The summed E-state index contributed by atoms with van der Waals surface area (Å²) in [5.74, 6) is 1.01. The van der Waals surface area contributed by atoms with E-state index in [1.807, 2.05) is 0 Å². The number of nitrogens with zero attached hydrogens (tertiary/aromatic N) is 4. The second kappa shape index (κ2) is 8.94. The molecule has 5 rings (SSSR count). The zero-order valence-electron chi connectivity index (χ0n) is 19.4. The van der Waals surface area contributed by atoms with Crippen molar-refractivity contribution < 1.29 is 27.8 Å². The summed E-state index contributed by atoms with van der Waals surface area (Å²) in [6, 6.07) is 6.95. The number of ether oxygens (including phenoxy) is 2. The Labute approximate surface area is 209 Å². The number of aryl methyl sites for hydroxylation is 1. The number of methoxy groups -OCH3 is 1. The minimum Gasteiger partial charge on any atom is -0.486 e. The van der Waals surface area contributed by atoms with Crippen LogP contribution in [0.1, 0.15) is 35.4 Å². The number of aliphatic hydroxyl groups is 1. The standard InChI is InChI=1S/C25H22ClF3N4O3/c1-33-13-30-11-20(33)24(34,16-6-8-19(31-10-16)25(27,28)29)15-5-7-18-17(9-15)21(26)22(23(32-18)35-2)36-12-14-3-4-14/h5-11,13-14,34H,3-4,12H2,1-2H3/t24-/m1/s1. The van der Waals surface area contributed by atoms with Crippen LogP contribution in [0.4, 0.5) is 13.2 Å². The van der Waals surface area contributed by atoms with Crippen LogP contribution in [-0.4, -0.2) is 38.3 Å². The van der Waals surface area contributed by atoms with Crippen LogP contribution in [0.3, 0.4) is 0 Å². The monoisotopic (exact) mass is 518 g/mol. The van der Waals surface area contributed by atoms with Crippen LogP contribution in [0.2, 0.25) is 5.02 Å². The molecule has 1 atom stereocenters. The third-order valence-corrected chi connectivity index (χ3v) is 6.65. The molecular weight excluding hydrogens is 497 g/mol. The number of aromatic nitrogens is 4. The molecule has 36 heavy (non-hydrogen) atoms. The molecule has 1 N–H and O–H groups in total. The summed E-state index contributed by atoms with van der Waals surface area (Å²) >= 11 is 6.74. The van der Waals surface area contributed by atoms with E-state index in [-0.39, 0.29) is 16.5 Å². The van der Waals surface area contributed by atoms with E-state index in [0.29, 0.717) is 40.4 Å². The second-order valence-corrected chi connectivity index (χ2v) is 9.16. The van der Waals surface area contributed by atoms with Crippen LogP contribution >= 0.6 is 11.6 Å². The topological polar surface area (TPSA) is 82.3 Å². The number of alkyl halides is 3. The summed E-state index contributed by atoms with van der Waals surface area (Å²) in [5, 5.41) is 12.8. The van der Waals surface area contributed by atoms with Gasteiger partial charge in [0.1, 0.15) is 5.69 Å². The highest BCUT2D eigenvalue weighted by Gasteiger charge is 2.39. The third kappa shape index (κ3) is 4.24. The van der Waals surface area contributed by atoms with Crippen molar-refractivity contribution in [1.82, 2.24) is 19.5 Å². The molecule has 0 saturated heterocycles. The fraction of sp³-hybridized carbons (Fsp3) is 0.320. The molecule has 1 fully saturated rings. The van der Waals surface area contributed by atoms with Crippen LogP contribution in [0.5, 0.6) is 11.6 Å². The number of fused-ring (bicyclic) bond motifs is 1. The van der Waals surface area contributed by atoms with Crippen LogP contribution in [0.15, 0.2) is 49.1 Å². The van der Waals surface area contributed by atoms with Gasteiger partial charge in [-0.3, -0.25) is 4.98 Å². The lowest BCUT2D eigenvalue weighted by atomic mass is 9.83. The molecular formula is C25H22ClF3N4O3. The molecule has 0 unspecified atom stereocenters. The smallest absolute Gasteiger partial charge is 0.433 e. The van der Waals surface area contributed by atoms with Gasteiger partial charge in [0, 0.05) is 24.2 Å². The maximum atomic E-state index is 13.1. The Kier molecular flexibility index (Phi) is 6.04. The second-order valence-electron chi connectivity index (χ2n) is 8.78. The molecule has 7 nitrogen and oxygen atoms in total. The largest absolute Gasteiger partial charge is 0.486 e. The Bertz CT molecular complexity index is 1420. The molecule has 11 heteroatoms. The highest BCUT2D eigenvalue weighted by atomic mass is 35.5. The molecule has 0 bridgehead atoms. The van der Waals surface area contributed by atoms with Gasteiger partial charge in [0.15, 0.2) is 5.60 Å². The van der Waals surface area contributed by atoms with Gasteiger partial charge in [-0.25, -0.2) is 9.97 Å². The number of pyridine rings is 2. The van der Waals surface area contributed by atoms with Crippen LogP contribution in [0.25, 0.3) is 10.9 Å². The maximum absolute atomic E-state index is 13.1. The summed E-state index contributed by atoms with van der Waals surface area (Å²) in [5.41, 5.74) is -1.67.